The van der Waals surface area contributed by atoms with Crippen molar-refractivity contribution >= 4 is 17.9 Å². The predicted molar refractivity (Wildman–Crippen MR) is 191 cm³/mol. The number of unbranched alkanes of at least 4 members (excludes halogenated alkanes) is 9. The summed E-state index contributed by atoms with van der Waals surface area (Å²) in [6.07, 6.45) is 17.8. The van der Waals surface area contributed by atoms with E-state index in [-0.39, 0.29) is 17.9 Å². The maximum atomic E-state index is 11.0. The highest BCUT2D eigenvalue weighted by Gasteiger charge is 2.04. The van der Waals surface area contributed by atoms with Gasteiger partial charge in [0, 0.05) is 16.7 Å². The number of ether oxygens (including phenoxy) is 3. The summed E-state index contributed by atoms with van der Waals surface area (Å²) in [7, 11) is 0. The average molecular weight is 637 g/mol. The van der Waals surface area contributed by atoms with E-state index in [2.05, 4.69) is 61.3 Å². The molecule has 6 nitrogen and oxygen atoms in total. The lowest BCUT2D eigenvalue weighted by Gasteiger charge is -2.05. The summed E-state index contributed by atoms with van der Waals surface area (Å²) >= 11 is 0. The number of carbonyl (C=O) groups excluding carboxylic acids is 3. The lowest BCUT2D eigenvalue weighted by atomic mass is 10.0. The molecule has 0 unspecified atom stereocenters. The standard InChI is InChI=1S/3C13H24O2/c3*1-11(2)9-7-5-6-8-10-15-13(14)12(3)4/h3*11H,3,5-10H2,1-2,4H3. The molecule has 45 heavy (non-hydrogen) atoms. The van der Waals surface area contributed by atoms with Gasteiger partial charge in [0.05, 0.1) is 19.8 Å². The Balaban J connectivity index is -0.000000588. The van der Waals surface area contributed by atoms with E-state index >= 15 is 0 Å². The minimum atomic E-state index is -0.266. The maximum Gasteiger partial charge on any atom is 0.333 e. The second kappa shape index (κ2) is 33.0. The summed E-state index contributed by atoms with van der Waals surface area (Å²) in [4.78, 5) is 33.0. The summed E-state index contributed by atoms with van der Waals surface area (Å²) in [6, 6.07) is 0. The van der Waals surface area contributed by atoms with Crippen LogP contribution in [0, 0.1) is 17.8 Å². The Bertz CT molecular complexity index is 689. The van der Waals surface area contributed by atoms with Crippen molar-refractivity contribution in [1.29, 1.82) is 0 Å². The lowest BCUT2D eigenvalue weighted by Crippen LogP contribution is -2.06. The van der Waals surface area contributed by atoms with E-state index in [1.807, 2.05) is 0 Å². The van der Waals surface area contributed by atoms with Crippen molar-refractivity contribution in [3.8, 4) is 0 Å². The third-order valence-corrected chi connectivity index (χ3v) is 6.77. The number of esters is 3. The fourth-order valence-electron chi connectivity index (χ4n) is 3.89. The van der Waals surface area contributed by atoms with Gasteiger partial charge >= 0.3 is 17.9 Å². The van der Waals surface area contributed by atoms with Crippen LogP contribution in [0.4, 0.5) is 0 Å². The summed E-state index contributed by atoms with van der Waals surface area (Å²) in [5.41, 5.74) is 1.44. The molecule has 0 aliphatic carbocycles. The first kappa shape index (κ1) is 47.0. The van der Waals surface area contributed by atoms with Crippen LogP contribution in [0.1, 0.15) is 159 Å². The first-order valence-corrected chi connectivity index (χ1v) is 17.6. The third kappa shape index (κ3) is 41.6. The highest BCUT2D eigenvalue weighted by Crippen LogP contribution is 2.11. The van der Waals surface area contributed by atoms with Crippen LogP contribution < -0.4 is 0 Å². The summed E-state index contributed by atoms with van der Waals surface area (Å²) in [6.45, 7) is 30.7. The largest absolute Gasteiger partial charge is 0.462 e. The molecule has 0 aromatic heterocycles. The molecule has 264 valence electrons. The van der Waals surface area contributed by atoms with E-state index in [1.165, 1.54) is 57.8 Å². The fourth-order valence-corrected chi connectivity index (χ4v) is 3.89. The quantitative estimate of drug-likeness (QED) is 0.0454. The molecule has 0 rings (SSSR count). The highest BCUT2D eigenvalue weighted by molar-refractivity contribution is 5.87. The van der Waals surface area contributed by atoms with Crippen molar-refractivity contribution in [3.05, 3.63) is 36.5 Å². The smallest absolute Gasteiger partial charge is 0.333 e. The number of carbonyl (C=O) groups is 3. The molecule has 0 atom stereocenters. The Morgan fingerprint density at radius 1 is 0.400 bits per heavy atom. The maximum absolute atomic E-state index is 11.0. The molecule has 0 radical (unpaired) electrons. The van der Waals surface area contributed by atoms with Crippen molar-refractivity contribution in [2.75, 3.05) is 19.8 Å². The van der Waals surface area contributed by atoms with Gasteiger partial charge in [-0.2, -0.15) is 0 Å². The second-order valence-corrected chi connectivity index (χ2v) is 13.5. The Labute approximate surface area is 278 Å². The van der Waals surface area contributed by atoms with Crippen LogP contribution in [-0.2, 0) is 28.6 Å². The molecule has 0 amide bonds. The minimum absolute atomic E-state index is 0.266. The Morgan fingerprint density at radius 3 is 0.778 bits per heavy atom. The first-order valence-electron chi connectivity index (χ1n) is 17.6. The van der Waals surface area contributed by atoms with Crippen LogP contribution in [0.2, 0.25) is 0 Å². The second-order valence-electron chi connectivity index (χ2n) is 13.5. The van der Waals surface area contributed by atoms with Gasteiger partial charge in [-0.3, -0.25) is 0 Å². The van der Waals surface area contributed by atoms with Crippen molar-refractivity contribution < 1.29 is 28.6 Å². The first-order chi connectivity index (χ1) is 21.1. The van der Waals surface area contributed by atoms with Crippen LogP contribution in [-0.4, -0.2) is 37.7 Å². The van der Waals surface area contributed by atoms with E-state index in [4.69, 9.17) is 14.2 Å². The van der Waals surface area contributed by atoms with E-state index in [0.717, 1.165) is 56.3 Å². The van der Waals surface area contributed by atoms with Crippen LogP contribution >= 0.6 is 0 Å². The van der Waals surface area contributed by atoms with Gasteiger partial charge in [-0.25, -0.2) is 14.4 Å². The van der Waals surface area contributed by atoms with E-state index < -0.39 is 0 Å². The lowest BCUT2D eigenvalue weighted by molar-refractivity contribution is -0.139. The number of rotatable bonds is 24. The Kier molecular flexibility index (Phi) is 34.5. The SMILES string of the molecule is C=C(C)C(=O)OCCCCCCC(C)C.C=C(C)C(=O)OCCCCCCC(C)C.C=C(C)C(=O)OCCCCCCC(C)C. The van der Waals surface area contributed by atoms with E-state index in [9.17, 15) is 14.4 Å². The van der Waals surface area contributed by atoms with Gasteiger partial charge in [0.2, 0.25) is 0 Å². The predicted octanol–water partition coefficient (Wildman–Crippen LogP) is 11.1. The molecule has 0 N–H and O–H groups in total. The molecule has 0 aromatic carbocycles. The molecule has 0 spiro atoms. The van der Waals surface area contributed by atoms with Crippen LogP contribution in [0.15, 0.2) is 36.5 Å². The third-order valence-electron chi connectivity index (χ3n) is 6.77. The molecule has 0 aliphatic rings. The fraction of sp³-hybridized carbons (Fsp3) is 0.769. The van der Waals surface area contributed by atoms with Gasteiger partial charge in [-0.1, -0.05) is 138 Å². The molecule has 0 bridgehead atoms. The summed E-state index contributed by atoms with van der Waals surface area (Å²) in [5, 5.41) is 0. The highest BCUT2D eigenvalue weighted by atomic mass is 16.5. The number of hydrogen-bond donors (Lipinski definition) is 0. The summed E-state index contributed by atoms with van der Waals surface area (Å²) < 4.78 is 15.0. The normalized spacial score (nSPS) is 10.4. The van der Waals surface area contributed by atoms with Gasteiger partial charge in [0.15, 0.2) is 0 Å². The summed E-state index contributed by atoms with van der Waals surface area (Å²) in [5.74, 6) is 1.59. The van der Waals surface area contributed by atoms with Gasteiger partial charge in [-0.15, -0.1) is 0 Å². The van der Waals surface area contributed by atoms with E-state index in [1.54, 1.807) is 20.8 Å². The van der Waals surface area contributed by atoms with Gasteiger partial charge in [-0.05, 0) is 57.8 Å². The monoisotopic (exact) mass is 637 g/mol. The van der Waals surface area contributed by atoms with Gasteiger partial charge in [0.1, 0.15) is 0 Å². The van der Waals surface area contributed by atoms with Crippen molar-refractivity contribution in [2.45, 2.75) is 159 Å². The minimum Gasteiger partial charge on any atom is -0.462 e. The number of hydrogen-bond acceptors (Lipinski definition) is 6. The van der Waals surface area contributed by atoms with Crippen molar-refractivity contribution in [1.82, 2.24) is 0 Å². The topological polar surface area (TPSA) is 78.9 Å². The molecule has 0 aliphatic heterocycles. The molecule has 0 aromatic rings. The molecule has 0 saturated heterocycles. The Hall–Kier alpha value is -2.37. The van der Waals surface area contributed by atoms with Gasteiger partial charge in [0.25, 0.3) is 0 Å². The molecular weight excluding hydrogens is 564 g/mol. The molecule has 0 heterocycles. The molecule has 0 fully saturated rings. The molecular formula is C39H72O6. The van der Waals surface area contributed by atoms with Crippen LogP contribution in [0.25, 0.3) is 0 Å². The molecule has 6 heteroatoms. The van der Waals surface area contributed by atoms with Crippen LogP contribution in [0.3, 0.4) is 0 Å². The van der Waals surface area contributed by atoms with Crippen molar-refractivity contribution in [3.63, 3.8) is 0 Å². The average Bonchev–Trinajstić information content (AvgIpc) is 2.95. The van der Waals surface area contributed by atoms with Gasteiger partial charge < -0.3 is 14.2 Å². The zero-order valence-electron chi connectivity index (χ0n) is 31.0. The Morgan fingerprint density at radius 2 is 0.600 bits per heavy atom. The zero-order valence-corrected chi connectivity index (χ0v) is 31.0. The van der Waals surface area contributed by atoms with Crippen LogP contribution in [0.5, 0.6) is 0 Å². The molecule has 0 saturated carbocycles. The van der Waals surface area contributed by atoms with E-state index in [0.29, 0.717) is 36.5 Å². The van der Waals surface area contributed by atoms with Crippen molar-refractivity contribution in [2.24, 2.45) is 17.8 Å². The zero-order chi connectivity index (χ0) is 35.0.